The number of hydrogen-bond donors (Lipinski definition) is 1. The van der Waals surface area contributed by atoms with Gasteiger partial charge in [0.05, 0.1) is 18.2 Å². The first-order valence-corrected chi connectivity index (χ1v) is 10.4. The van der Waals surface area contributed by atoms with E-state index in [0.717, 1.165) is 0 Å². The van der Waals surface area contributed by atoms with Gasteiger partial charge in [-0.25, -0.2) is 33.1 Å². The highest BCUT2D eigenvalue weighted by molar-refractivity contribution is 5.93. The molecule has 0 saturated carbocycles. The third kappa shape index (κ3) is 3.43. The van der Waals surface area contributed by atoms with Crippen LogP contribution in [0.1, 0.15) is 46.0 Å². The first-order chi connectivity index (χ1) is 17.0. The first-order valence-electron chi connectivity index (χ1n) is 10.4. The Balaban J connectivity index is 1.46. The normalized spacial score (nSPS) is 15.7. The number of aromatic amines is 1. The SMILES string of the molecule is O=C(c1oc(-c2cnccn2)nc1C(F)F)N1CCc2[nH]cnc2[C@H]1c1nc2cccc(F)c2o1. The molecular formula is C22H14F3N7O3. The van der Waals surface area contributed by atoms with Crippen molar-refractivity contribution in [2.75, 3.05) is 6.54 Å². The zero-order valence-corrected chi connectivity index (χ0v) is 17.7. The number of carbonyl (C=O) groups is 1. The standard InChI is InChI=1S/C22H14F3N7O3/c23-10-2-1-3-12-17(10)34-21(30-12)16-14-11(28-9-29-14)4-7-32(16)22(33)18-15(19(24)25)31-20(35-18)13-8-26-5-6-27-13/h1-3,5-6,8-9,16,19H,4,7H2,(H,28,29)/t16-/m0/s1. The lowest BCUT2D eigenvalue weighted by Gasteiger charge is -2.32. The van der Waals surface area contributed by atoms with E-state index in [9.17, 15) is 18.0 Å². The molecule has 0 spiro atoms. The molecule has 1 aliphatic rings. The smallest absolute Gasteiger partial charge is 0.292 e. The molecule has 10 nitrogen and oxygen atoms in total. The largest absolute Gasteiger partial charge is 0.435 e. The second-order valence-corrected chi connectivity index (χ2v) is 7.68. The Morgan fingerprint density at radius 1 is 1.17 bits per heavy atom. The molecule has 5 aromatic rings. The van der Waals surface area contributed by atoms with Gasteiger partial charge in [0.2, 0.25) is 17.5 Å². The van der Waals surface area contributed by atoms with Crippen LogP contribution in [0.4, 0.5) is 13.2 Å². The van der Waals surface area contributed by atoms with Crippen molar-refractivity contribution in [1.82, 2.24) is 34.8 Å². The predicted octanol–water partition coefficient (Wildman–Crippen LogP) is 3.86. The fourth-order valence-corrected chi connectivity index (χ4v) is 4.08. The highest BCUT2D eigenvalue weighted by Gasteiger charge is 2.41. The second kappa shape index (κ2) is 8.04. The molecule has 0 unspecified atom stereocenters. The first kappa shape index (κ1) is 21.0. The minimum Gasteiger partial charge on any atom is -0.435 e. The predicted molar refractivity (Wildman–Crippen MR) is 112 cm³/mol. The topological polar surface area (TPSA) is 127 Å². The lowest BCUT2D eigenvalue weighted by Crippen LogP contribution is -2.41. The van der Waals surface area contributed by atoms with Crippen molar-refractivity contribution < 1.29 is 26.8 Å². The van der Waals surface area contributed by atoms with E-state index in [1.807, 2.05) is 0 Å². The molecule has 4 aromatic heterocycles. The number of aromatic nitrogens is 6. The van der Waals surface area contributed by atoms with Gasteiger partial charge >= 0.3 is 0 Å². The summed E-state index contributed by atoms with van der Waals surface area (Å²) in [5.74, 6) is -2.43. The Bertz CT molecular complexity index is 1550. The van der Waals surface area contributed by atoms with Crippen LogP contribution in [0.25, 0.3) is 22.7 Å². The van der Waals surface area contributed by atoms with Crippen LogP contribution in [0, 0.1) is 5.82 Å². The summed E-state index contributed by atoms with van der Waals surface area (Å²) in [4.78, 5) is 38.1. The van der Waals surface area contributed by atoms with Crippen LogP contribution in [0.2, 0.25) is 0 Å². The zero-order chi connectivity index (χ0) is 24.1. The van der Waals surface area contributed by atoms with Crippen LogP contribution in [-0.4, -0.2) is 47.3 Å². The number of alkyl halides is 2. The molecule has 1 atom stereocenters. The number of carbonyl (C=O) groups excluding carboxylic acids is 1. The molecule has 1 aromatic carbocycles. The van der Waals surface area contributed by atoms with E-state index in [2.05, 4.69) is 29.9 Å². The van der Waals surface area contributed by atoms with Gasteiger partial charge in [-0.05, 0) is 12.1 Å². The van der Waals surface area contributed by atoms with Crippen LogP contribution in [0.3, 0.4) is 0 Å². The van der Waals surface area contributed by atoms with Gasteiger partial charge < -0.3 is 18.7 Å². The van der Waals surface area contributed by atoms with E-state index in [1.165, 1.54) is 42.0 Å². The molecule has 6 rings (SSSR count). The molecule has 0 bridgehead atoms. The summed E-state index contributed by atoms with van der Waals surface area (Å²) in [6.07, 6.45) is 2.74. The lowest BCUT2D eigenvalue weighted by atomic mass is 10.0. The van der Waals surface area contributed by atoms with Crippen molar-refractivity contribution in [1.29, 1.82) is 0 Å². The molecule has 13 heteroatoms. The zero-order valence-electron chi connectivity index (χ0n) is 17.7. The molecule has 5 heterocycles. The van der Waals surface area contributed by atoms with E-state index in [0.29, 0.717) is 17.8 Å². The summed E-state index contributed by atoms with van der Waals surface area (Å²) in [7, 11) is 0. The fourth-order valence-electron chi connectivity index (χ4n) is 4.08. The van der Waals surface area contributed by atoms with E-state index in [-0.39, 0.29) is 35.1 Å². The monoisotopic (exact) mass is 481 g/mol. The van der Waals surface area contributed by atoms with Gasteiger partial charge in [-0.15, -0.1) is 0 Å². The van der Waals surface area contributed by atoms with E-state index in [1.54, 1.807) is 6.07 Å². The van der Waals surface area contributed by atoms with Crippen molar-refractivity contribution in [3.05, 3.63) is 77.7 Å². The maximum atomic E-state index is 14.3. The fraction of sp³-hybridized carbons (Fsp3) is 0.182. The van der Waals surface area contributed by atoms with Crippen LogP contribution >= 0.6 is 0 Å². The average molecular weight is 481 g/mol. The number of benzene rings is 1. The van der Waals surface area contributed by atoms with Crippen LogP contribution in [0.15, 0.2) is 52.0 Å². The van der Waals surface area contributed by atoms with Crippen molar-refractivity contribution in [3.8, 4) is 11.6 Å². The highest BCUT2D eigenvalue weighted by atomic mass is 19.3. The van der Waals surface area contributed by atoms with Gasteiger partial charge in [-0.2, -0.15) is 0 Å². The number of nitrogens with one attached hydrogen (secondary N) is 1. The molecule has 176 valence electrons. The minimum atomic E-state index is -3.09. The number of para-hydroxylation sites is 1. The van der Waals surface area contributed by atoms with Gasteiger partial charge in [0.15, 0.2) is 23.1 Å². The summed E-state index contributed by atoms with van der Waals surface area (Å²) in [5, 5.41) is 0. The Kier molecular flexibility index (Phi) is 4.83. The van der Waals surface area contributed by atoms with Gasteiger partial charge in [0.25, 0.3) is 12.3 Å². The number of imidazole rings is 1. The van der Waals surface area contributed by atoms with E-state index >= 15 is 0 Å². The van der Waals surface area contributed by atoms with Crippen molar-refractivity contribution in [2.45, 2.75) is 18.9 Å². The molecule has 1 N–H and O–H groups in total. The van der Waals surface area contributed by atoms with Gasteiger partial charge in [0, 0.05) is 31.1 Å². The number of halogens is 3. The molecule has 0 fully saturated rings. The number of nitrogens with zero attached hydrogens (tertiary/aromatic N) is 6. The van der Waals surface area contributed by atoms with E-state index in [4.69, 9.17) is 8.83 Å². The molecule has 0 radical (unpaired) electrons. The summed E-state index contributed by atoms with van der Waals surface area (Å²) in [6.45, 7) is 0.101. The van der Waals surface area contributed by atoms with Crippen molar-refractivity contribution in [2.24, 2.45) is 0 Å². The second-order valence-electron chi connectivity index (χ2n) is 7.68. The molecule has 0 saturated heterocycles. The molecule has 0 aliphatic carbocycles. The average Bonchev–Trinajstić information content (AvgIpc) is 3.61. The quantitative estimate of drug-likeness (QED) is 0.410. The van der Waals surface area contributed by atoms with Crippen LogP contribution in [0.5, 0.6) is 0 Å². The summed E-state index contributed by atoms with van der Waals surface area (Å²) in [5.41, 5.74) is 0.541. The third-order valence-electron chi connectivity index (χ3n) is 5.64. The molecule has 1 aliphatic heterocycles. The lowest BCUT2D eigenvalue weighted by molar-refractivity contribution is 0.0621. The number of rotatable bonds is 4. The highest BCUT2D eigenvalue weighted by Crippen LogP contribution is 2.37. The Labute approximate surface area is 193 Å². The molecule has 35 heavy (non-hydrogen) atoms. The maximum Gasteiger partial charge on any atom is 0.292 e. The minimum absolute atomic E-state index is 0.0150. The van der Waals surface area contributed by atoms with Crippen molar-refractivity contribution >= 4 is 17.0 Å². The van der Waals surface area contributed by atoms with Gasteiger partial charge in [-0.3, -0.25) is 9.78 Å². The third-order valence-corrected chi connectivity index (χ3v) is 5.64. The van der Waals surface area contributed by atoms with Gasteiger partial charge in [0.1, 0.15) is 11.2 Å². The molecular weight excluding hydrogens is 467 g/mol. The number of amides is 1. The van der Waals surface area contributed by atoms with Gasteiger partial charge in [-0.1, -0.05) is 6.07 Å². The van der Waals surface area contributed by atoms with Crippen molar-refractivity contribution in [3.63, 3.8) is 0 Å². The summed E-state index contributed by atoms with van der Waals surface area (Å²) in [6, 6.07) is 3.24. The maximum absolute atomic E-state index is 14.3. The summed E-state index contributed by atoms with van der Waals surface area (Å²) >= 11 is 0. The van der Waals surface area contributed by atoms with Crippen LogP contribution in [-0.2, 0) is 6.42 Å². The van der Waals surface area contributed by atoms with Crippen LogP contribution < -0.4 is 0 Å². The molecule has 1 amide bonds. The number of oxazole rings is 2. The number of fused-ring (bicyclic) bond motifs is 2. The Morgan fingerprint density at radius 2 is 2.06 bits per heavy atom. The Hall–Kier alpha value is -4.55. The van der Waals surface area contributed by atoms with E-state index < -0.39 is 35.6 Å². The number of hydrogen-bond acceptors (Lipinski definition) is 8. The Morgan fingerprint density at radius 3 is 2.83 bits per heavy atom. The number of H-pyrrole nitrogens is 1. The summed E-state index contributed by atoms with van der Waals surface area (Å²) < 4.78 is 53.2.